The van der Waals surface area contributed by atoms with E-state index in [1.807, 2.05) is 6.20 Å². The fourth-order valence-corrected chi connectivity index (χ4v) is 2.28. The van der Waals surface area contributed by atoms with Crippen molar-refractivity contribution in [1.29, 1.82) is 0 Å². The molecule has 2 rings (SSSR count). The summed E-state index contributed by atoms with van der Waals surface area (Å²) < 4.78 is 0. The number of pyridine rings is 1. The molecule has 0 spiro atoms. The van der Waals surface area contributed by atoms with E-state index >= 15 is 0 Å². The minimum atomic E-state index is 0.584. The van der Waals surface area contributed by atoms with E-state index in [-0.39, 0.29) is 0 Å². The van der Waals surface area contributed by atoms with Crippen molar-refractivity contribution in [3.05, 3.63) is 29.6 Å². The van der Waals surface area contributed by atoms with Crippen molar-refractivity contribution < 1.29 is 0 Å². The summed E-state index contributed by atoms with van der Waals surface area (Å²) in [6, 6.07) is 4.44. The molecule has 1 aromatic heterocycles. The molecule has 1 N–H and O–H groups in total. The van der Waals surface area contributed by atoms with Crippen molar-refractivity contribution in [2.75, 3.05) is 13.1 Å². The second kappa shape index (κ2) is 5.44. The zero-order valence-corrected chi connectivity index (χ0v) is 10.4. The van der Waals surface area contributed by atoms with Crippen LogP contribution >= 0.6 is 0 Å². The van der Waals surface area contributed by atoms with E-state index in [1.54, 1.807) is 0 Å². The second-order valence-electron chi connectivity index (χ2n) is 5.14. The first kappa shape index (κ1) is 11.6. The molecule has 0 aliphatic carbocycles. The molecule has 0 aromatic carbocycles. The summed E-state index contributed by atoms with van der Waals surface area (Å²) in [6.45, 7) is 6.77. The van der Waals surface area contributed by atoms with Crippen LogP contribution in [0.25, 0.3) is 0 Å². The van der Waals surface area contributed by atoms with Gasteiger partial charge in [0.25, 0.3) is 0 Å². The molecule has 1 aromatic rings. The van der Waals surface area contributed by atoms with E-state index in [4.69, 9.17) is 0 Å². The quantitative estimate of drug-likeness (QED) is 0.844. The van der Waals surface area contributed by atoms with E-state index in [1.165, 1.54) is 37.2 Å². The van der Waals surface area contributed by atoms with Crippen LogP contribution in [0.4, 0.5) is 0 Å². The number of aromatic nitrogens is 1. The van der Waals surface area contributed by atoms with Crippen LogP contribution in [0.3, 0.4) is 0 Å². The molecule has 0 unspecified atom stereocenters. The van der Waals surface area contributed by atoms with Crippen molar-refractivity contribution >= 4 is 0 Å². The van der Waals surface area contributed by atoms with Gasteiger partial charge in [-0.25, -0.2) is 0 Å². The molecule has 0 saturated carbocycles. The van der Waals surface area contributed by atoms with Crippen molar-refractivity contribution in [2.24, 2.45) is 5.92 Å². The SMILES string of the molecule is CC(C)c1ccc(CC2CCNCC2)nc1. The molecular formula is C14H22N2. The second-order valence-corrected chi connectivity index (χ2v) is 5.14. The van der Waals surface area contributed by atoms with Gasteiger partial charge < -0.3 is 5.32 Å². The highest BCUT2D eigenvalue weighted by atomic mass is 14.9. The van der Waals surface area contributed by atoms with Crippen molar-refractivity contribution in [1.82, 2.24) is 10.3 Å². The van der Waals surface area contributed by atoms with Crippen molar-refractivity contribution in [3.63, 3.8) is 0 Å². The van der Waals surface area contributed by atoms with Crippen LogP contribution in [0.2, 0.25) is 0 Å². The highest BCUT2D eigenvalue weighted by Crippen LogP contribution is 2.18. The van der Waals surface area contributed by atoms with E-state index in [9.17, 15) is 0 Å². The molecule has 0 atom stereocenters. The lowest BCUT2D eigenvalue weighted by Gasteiger charge is -2.22. The highest BCUT2D eigenvalue weighted by molar-refractivity contribution is 5.17. The number of hydrogen-bond acceptors (Lipinski definition) is 2. The molecule has 0 amide bonds. The van der Waals surface area contributed by atoms with Gasteiger partial charge >= 0.3 is 0 Å². The Morgan fingerprint density at radius 3 is 2.62 bits per heavy atom. The molecule has 1 saturated heterocycles. The summed E-state index contributed by atoms with van der Waals surface area (Å²) in [4.78, 5) is 4.57. The third-order valence-corrected chi connectivity index (χ3v) is 3.47. The molecule has 1 aliphatic rings. The Balaban J connectivity index is 1.93. The summed E-state index contributed by atoms with van der Waals surface area (Å²) in [5.41, 5.74) is 2.60. The van der Waals surface area contributed by atoms with Gasteiger partial charge in [0.1, 0.15) is 0 Å². The Bertz CT molecular complexity index is 310. The Hall–Kier alpha value is -0.890. The first-order valence-electron chi connectivity index (χ1n) is 6.41. The largest absolute Gasteiger partial charge is 0.317 e. The summed E-state index contributed by atoms with van der Waals surface area (Å²) in [6.07, 6.45) is 5.79. The van der Waals surface area contributed by atoms with Crippen LogP contribution in [0.5, 0.6) is 0 Å². The molecule has 2 heterocycles. The van der Waals surface area contributed by atoms with Crippen LogP contribution < -0.4 is 5.32 Å². The summed E-state index contributed by atoms with van der Waals surface area (Å²) in [5.74, 6) is 1.42. The Morgan fingerprint density at radius 2 is 2.06 bits per heavy atom. The van der Waals surface area contributed by atoms with Gasteiger partial charge in [-0.05, 0) is 55.8 Å². The third-order valence-electron chi connectivity index (χ3n) is 3.47. The fourth-order valence-electron chi connectivity index (χ4n) is 2.28. The van der Waals surface area contributed by atoms with E-state index in [2.05, 4.69) is 36.3 Å². The highest BCUT2D eigenvalue weighted by Gasteiger charge is 2.14. The molecular weight excluding hydrogens is 196 g/mol. The monoisotopic (exact) mass is 218 g/mol. The molecule has 0 radical (unpaired) electrons. The maximum absolute atomic E-state index is 4.57. The van der Waals surface area contributed by atoms with E-state index in [0.717, 1.165) is 12.3 Å². The number of piperidine rings is 1. The lowest BCUT2D eigenvalue weighted by atomic mass is 9.92. The van der Waals surface area contributed by atoms with Gasteiger partial charge in [0.2, 0.25) is 0 Å². The average molecular weight is 218 g/mol. The first-order valence-corrected chi connectivity index (χ1v) is 6.41. The normalized spacial score (nSPS) is 17.9. The van der Waals surface area contributed by atoms with E-state index < -0.39 is 0 Å². The van der Waals surface area contributed by atoms with Crippen LogP contribution in [0, 0.1) is 5.92 Å². The van der Waals surface area contributed by atoms with Gasteiger partial charge in [0.15, 0.2) is 0 Å². The Morgan fingerprint density at radius 1 is 1.31 bits per heavy atom. The van der Waals surface area contributed by atoms with Gasteiger partial charge in [0, 0.05) is 11.9 Å². The topological polar surface area (TPSA) is 24.9 Å². The Kier molecular flexibility index (Phi) is 3.94. The molecule has 88 valence electrons. The minimum absolute atomic E-state index is 0.584. The van der Waals surface area contributed by atoms with Gasteiger partial charge in [-0.2, -0.15) is 0 Å². The van der Waals surface area contributed by atoms with Gasteiger partial charge in [-0.1, -0.05) is 19.9 Å². The zero-order valence-electron chi connectivity index (χ0n) is 10.4. The van der Waals surface area contributed by atoms with Gasteiger partial charge in [-0.3, -0.25) is 4.98 Å². The van der Waals surface area contributed by atoms with Crippen molar-refractivity contribution in [2.45, 2.75) is 39.0 Å². The van der Waals surface area contributed by atoms with E-state index in [0.29, 0.717) is 5.92 Å². The number of hydrogen-bond donors (Lipinski definition) is 1. The molecule has 2 heteroatoms. The van der Waals surface area contributed by atoms with Crippen LogP contribution in [0.1, 0.15) is 43.9 Å². The van der Waals surface area contributed by atoms with Crippen molar-refractivity contribution in [3.8, 4) is 0 Å². The summed E-state index contributed by atoms with van der Waals surface area (Å²) in [7, 11) is 0. The summed E-state index contributed by atoms with van der Waals surface area (Å²) >= 11 is 0. The number of nitrogens with one attached hydrogen (secondary N) is 1. The molecule has 2 nitrogen and oxygen atoms in total. The predicted octanol–water partition coefficient (Wildman–Crippen LogP) is 2.75. The standard InChI is InChI=1S/C14H22N2/c1-11(2)13-3-4-14(16-10-13)9-12-5-7-15-8-6-12/h3-4,10-12,15H,5-9H2,1-2H3. The zero-order chi connectivity index (χ0) is 11.4. The average Bonchev–Trinajstić information content (AvgIpc) is 2.31. The lowest BCUT2D eigenvalue weighted by Crippen LogP contribution is -2.28. The third kappa shape index (κ3) is 3.05. The van der Waals surface area contributed by atoms with Gasteiger partial charge in [0.05, 0.1) is 0 Å². The maximum atomic E-state index is 4.57. The summed E-state index contributed by atoms with van der Waals surface area (Å²) in [5, 5.41) is 3.40. The maximum Gasteiger partial charge on any atom is 0.0406 e. The molecule has 1 fully saturated rings. The molecule has 0 bridgehead atoms. The minimum Gasteiger partial charge on any atom is -0.317 e. The lowest BCUT2D eigenvalue weighted by molar-refractivity contribution is 0.370. The van der Waals surface area contributed by atoms with Gasteiger partial charge in [-0.15, -0.1) is 0 Å². The predicted molar refractivity (Wildman–Crippen MR) is 67.6 cm³/mol. The molecule has 1 aliphatic heterocycles. The fraction of sp³-hybridized carbons (Fsp3) is 0.643. The van der Waals surface area contributed by atoms with Crippen LogP contribution in [0.15, 0.2) is 18.3 Å². The smallest absolute Gasteiger partial charge is 0.0406 e. The van der Waals surface area contributed by atoms with Crippen LogP contribution in [-0.4, -0.2) is 18.1 Å². The molecule has 16 heavy (non-hydrogen) atoms. The number of nitrogens with zero attached hydrogens (tertiary/aromatic N) is 1. The number of rotatable bonds is 3. The van der Waals surface area contributed by atoms with Crippen LogP contribution in [-0.2, 0) is 6.42 Å². The Labute approximate surface area is 98.5 Å². The first-order chi connectivity index (χ1) is 7.75.